The van der Waals surface area contributed by atoms with E-state index in [9.17, 15) is 18.0 Å². The molecule has 1 amide bonds. The average molecular weight is 406 g/mol. The molecule has 2 aliphatic rings. The number of amides is 1. The van der Waals surface area contributed by atoms with Crippen LogP contribution in [0.15, 0.2) is 30.3 Å². The number of alkyl halides is 3. The van der Waals surface area contributed by atoms with E-state index in [4.69, 9.17) is 0 Å². The van der Waals surface area contributed by atoms with Gasteiger partial charge < -0.3 is 10.2 Å². The zero-order valence-corrected chi connectivity index (χ0v) is 16.4. The van der Waals surface area contributed by atoms with Crippen LogP contribution >= 0.6 is 0 Å². The van der Waals surface area contributed by atoms with Crippen LogP contribution in [0.3, 0.4) is 0 Å². The Morgan fingerprint density at radius 3 is 2.38 bits per heavy atom. The fraction of sp³-hybridized carbons (Fsp3) is 0.524. The molecule has 5 nitrogen and oxygen atoms in total. The Kier molecular flexibility index (Phi) is 5.27. The molecule has 0 spiro atoms. The van der Waals surface area contributed by atoms with Gasteiger partial charge in [0, 0.05) is 25.6 Å². The second kappa shape index (κ2) is 7.72. The van der Waals surface area contributed by atoms with Gasteiger partial charge in [-0.3, -0.25) is 4.79 Å². The lowest BCUT2D eigenvalue weighted by molar-refractivity contribution is -0.173. The molecule has 1 saturated heterocycles. The number of anilines is 1. The molecule has 2 atom stereocenters. The number of nitrogens with one attached hydrogen (secondary N) is 1. The molecule has 4 rings (SSSR count). The molecule has 0 unspecified atom stereocenters. The van der Waals surface area contributed by atoms with Crippen molar-refractivity contribution in [1.82, 2.24) is 14.7 Å². The number of carbonyl (C=O) groups is 1. The summed E-state index contributed by atoms with van der Waals surface area (Å²) in [5, 5.41) is 7.24. The number of likely N-dealkylation sites (tertiary alicyclic amines) is 1. The average Bonchev–Trinajstić information content (AvgIpc) is 2.92. The smallest absolute Gasteiger partial charge is 0.363 e. The topological polar surface area (TPSA) is 50.2 Å². The van der Waals surface area contributed by atoms with Crippen LogP contribution in [0.25, 0.3) is 0 Å². The molecule has 1 N–H and O–H groups in total. The van der Waals surface area contributed by atoms with E-state index < -0.39 is 18.3 Å². The maximum Gasteiger partial charge on any atom is 0.410 e. The highest BCUT2D eigenvalue weighted by atomic mass is 19.4. The molecule has 29 heavy (non-hydrogen) atoms. The summed E-state index contributed by atoms with van der Waals surface area (Å²) in [4.78, 5) is 14.6. The largest absolute Gasteiger partial charge is 0.410 e. The van der Waals surface area contributed by atoms with Crippen molar-refractivity contribution in [2.75, 3.05) is 18.4 Å². The van der Waals surface area contributed by atoms with E-state index in [1.807, 2.05) is 31.2 Å². The fourth-order valence-electron chi connectivity index (χ4n) is 4.13. The van der Waals surface area contributed by atoms with Gasteiger partial charge in [-0.1, -0.05) is 42.7 Å². The second-order valence-electron chi connectivity index (χ2n) is 7.97. The SMILES string of the molecule is Cc1ccc([C@H]2C[C@H](C(F)(F)F)n3nc(C(=O)N4CCCCCC4)cc3N2)cc1. The van der Waals surface area contributed by atoms with Gasteiger partial charge in [-0.2, -0.15) is 18.3 Å². The van der Waals surface area contributed by atoms with Gasteiger partial charge in [0.15, 0.2) is 11.7 Å². The highest BCUT2D eigenvalue weighted by Crippen LogP contribution is 2.43. The Morgan fingerprint density at radius 2 is 1.76 bits per heavy atom. The summed E-state index contributed by atoms with van der Waals surface area (Å²) in [6.07, 6.45) is -0.650. The van der Waals surface area contributed by atoms with Crippen LogP contribution in [0.1, 0.15) is 65.8 Å². The lowest BCUT2D eigenvalue weighted by Gasteiger charge is -2.33. The molecule has 1 fully saturated rings. The van der Waals surface area contributed by atoms with Gasteiger partial charge in [0.1, 0.15) is 5.82 Å². The van der Waals surface area contributed by atoms with E-state index in [2.05, 4.69) is 10.4 Å². The van der Waals surface area contributed by atoms with Crippen LogP contribution in [-0.2, 0) is 0 Å². The van der Waals surface area contributed by atoms with E-state index in [1.54, 1.807) is 4.90 Å². The van der Waals surface area contributed by atoms with Crippen molar-refractivity contribution in [3.63, 3.8) is 0 Å². The van der Waals surface area contributed by atoms with Gasteiger partial charge in [-0.25, -0.2) is 4.68 Å². The Bertz CT molecular complexity index is 867. The first-order valence-corrected chi connectivity index (χ1v) is 10.1. The molecule has 1 aromatic heterocycles. The first-order chi connectivity index (χ1) is 13.8. The third kappa shape index (κ3) is 4.11. The fourth-order valence-corrected chi connectivity index (χ4v) is 4.13. The Labute approximate surface area is 167 Å². The van der Waals surface area contributed by atoms with E-state index >= 15 is 0 Å². The molecule has 8 heteroatoms. The predicted molar refractivity (Wildman–Crippen MR) is 104 cm³/mol. The second-order valence-corrected chi connectivity index (χ2v) is 7.97. The molecule has 2 aromatic rings. The lowest BCUT2D eigenvalue weighted by Crippen LogP contribution is -2.36. The third-order valence-corrected chi connectivity index (χ3v) is 5.78. The number of nitrogens with zero attached hydrogens (tertiary/aromatic N) is 3. The van der Waals surface area contributed by atoms with E-state index in [1.165, 1.54) is 6.07 Å². The van der Waals surface area contributed by atoms with Crippen LogP contribution in [0.5, 0.6) is 0 Å². The summed E-state index contributed by atoms with van der Waals surface area (Å²) < 4.78 is 42.4. The van der Waals surface area contributed by atoms with E-state index in [0.717, 1.165) is 41.5 Å². The van der Waals surface area contributed by atoms with Gasteiger partial charge in [0.05, 0.1) is 6.04 Å². The van der Waals surface area contributed by atoms with E-state index in [0.29, 0.717) is 13.1 Å². The van der Waals surface area contributed by atoms with Crippen LogP contribution in [-0.4, -0.2) is 39.9 Å². The quantitative estimate of drug-likeness (QED) is 0.774. The molecule has 0 bridgehead atoms. The molecular formula is C21H25F3N4O. The van der Waals surface area contributed by atoms with Crippen LogP contribution in [0, 0.1) is 6.92 Å². The maximum atomic E-state index is 13.8. The van der Waals surface area contributed by atoms with Crippen molar-refractivity contribution in [2.45, 2.75) is 57.3 Å². The number of halogens is 3. The highest BCUT2D eigenvalue weighted by molar-refractivity contribution is 5.93. The minimum absolute atomic E-state index is 0.0770. The van der Waals surface area contributed by atoms with Crippen LogP contribution in [0.2, 0.25) is 0 Å². The molecule has 0 radical (unpaired) electrons. The van der Waals surface area contributed by atoms with Gasteiger partial charge in [0.25, 0.3) is 5.91 Å². The standard InChI is InChI=1S/C21H25F3N4O/c1-14-6-8-15(9-7-14)16-12-18(21(22,23)24)28-19(25-16)13-17(26-28)20(29)27-10-4-2-3-5-11-27/h6-9,13,16,18,25H,2-5,10-12H2,1H3/t16-,18-/m1/s1. The number of aromatic nitrogens is 2. The zero-order valence-electron chi connectivity index (χ0n) is 16.4. The molecule has 156 valence electrons. The van der Waals surface area contributed by atoms with Crippen molar-refractivity contribution in [3.8, 4) is 0 Å². The van der Waals surface area contributed by atoms with Crippen LogP contribution < -0.4 is 5.32 Å². The summed E-state index contributed by atoms with van der Waals surface area (Å²) in [5.74, 6) is -0.0502. The van der Waals surface area contributed by atoms with Crippen molar-refractivity contribution < 1.29 is 18.0 Å². The monoisotopic (exact) mass is 406 g/mol. The van der Waals surface area contributed by atoms with Gasteiger partial charge in [0.2, 0.25) is 0 Å². The summed E-state index contributed by atoms with van der Waals surface area (Å²) >= 11 is 0. The Morgan fingerprint density at radius 1 is 1.10 bits per heavy atom. The van der Waals surface area contributed by atoms with E-state index in [-0.39, 0.29) is 23.8 Å². The summed E-state index contributed by atoms with van der Waals surface area (Å²) in [5.41, 5.74) is 1.92. The first kappa shape index (κ1) is 19.8. The Hall–Kier alpha value is -2.51. The van der Waals surface area contributed by atoms with Gasteiger partial charge >= 0.3 is 6.18 Å². The van der Waals surface area contributed by atoms with Gasteiger partial charge in [-0.15, -0.1) is 0 Å². The van der Waals surface area contributed by atoms with Crippen LogP contribution in [0.4, 0.5) is 19.0 Å². The molecule has 1 aromatic carbocycles. The first-order valence-electron chi connectivity index (χ1n) is 10.1. The van der Waals surface area contributed by atoms with Crippen molar-refractivity contribution in [3.05, 3.63) is 47.2 Å². The number of rotatable bonds is 2. The minimum Gasteiger partial charge on any atom is -0.363 e. The number of benzene rings is 1. The summed E-state index contributed by atoms with van der Waals surface area (Å²) in [6, 6.07) is 6.67. The van der Waals surface area contributed by atoms with Crippen molar-refractivity contribution in [2.24, 2.45) is 0 Å². The molecule has 0 aliphatic carbocycles. The molecule has 0 saturated carbocycles. The third-order valence-electron chi connectivity index (χ3n) is 5.78. The normalized spacial score (nSPS) is 22.6. The van der Waals surface area contributed by atoms with Gasteiger partial charge in [-0.05, 0) is 25.3 Å². The number of carbonyl (C=O) groups excluding carboxylic acids is 1. The molecule has 3 heterocycles. The molecular weight excluding hydrogens is 381 g/mol. The highest BCUT2D eigenvalue weighted by Gasteiger charge is 2.47. The number of hydrogen-bond acceptors (Lipinski definition) is 3. The number of fused-ring (bicyclic) bond motifs is 1. The van der Waals surface area contributed by atoms with Crippen molar-refractivity contribution in [1.29, 1.82) is 0 Å². The summed E-state index contributed by atoms with van der Waals surface area (Å²) in [6.45, 7) is 3.19. The zero-order chi connectivity index (χ0) is 20.6. The lowest BCUT2D eigenvalue weighted by atomic mass is 9.96. The van der Waals surface area contributed by atoms with Crippen molar-refractivity contribution >= 4 is 11.7 Å². The number of aryl methyl sites for hydroxylation is 1. The maximum absolute atomic E-state index is 13.8. The predicted octanol–water partition coefficient (Wildman–Crippen LogP) is 4.87. The minimum atomic E-state index is -4.45. The molecule has 2 aliphatic heterocycles. The number of hydrogen-bond donors (Lipinski definition) is 1. The summed E-state index contributed by atoms with van der Waals surface area (Å²) in [7, 11) is 0. The Balaban J connectivity index is 1.64.